The average molecular weight is 309 g/mol. The van der Waals surface area contributed by atoms with E-state index in [-0.39, 0.29) is 11.9 Å². The molecule has 0 spiro atoms. The van der Waals surface area contributed by atoms with E-state index in [1.54, 1.807) is 4.90 Å². The van der Waals surface area contributed by atoms with Crippen molar-refractivity contribution in [2.24, 2.45) is 0 Å². The van der Waals surface area contributed by atoms with Gasteiger partial charge in [-0.05, 0) is 42.3 Å². The molecule has 1 fully saturated rings. The first-order chi connectivity index (χ1) is 11.1. The van der Waals surface area contributed by atoms with Gasteiger partial charge in [-0.2, -0.15) is 0 Å². The largest absolute Gasteiger partial charge is 0.336 e. The molecule has 23 heavy (non-hydrogen) atoms. The first-order valence-electron chi connectivity index (χ1n) is 7.63. The number of nitrogens with zero attached hydrogens (tertiary/aromatic N) is 1. The lowest BCUT2D eigenvalue weighted by Gasteiger charge is -2.14. The second-order valence-corrected chi connectivity index (χ2v) is 5.58. The SMILES string of the molecule is Cc1ccccc1CC(=O)Nc1ccc(N2CCNC2=O)cc1. The van der Waals surface area contributed by atoms with Gasteiger partial charge in [0.1, 0.15) is 0 Å². The van der Waals surface area contributed by atoms with Crippen LogP contribution < -0.4 is 15.5 Å². The third-order valence-electron chi connectivity index (χ3n) is 3.93. The fourth-order valence-electron chi connectivity index (χ4n) is 2.63. The number of carbonyl (C=O) groups is 2. The van der Waals surface area contributed by atoms with E-state index in [0.717, 1.165) is 22.5 Å². The summed E-state index contributed by atoms with van der Waals surface area (Å²) in [4.78, 5) is 25.4. The van der Waals surface area contributed by atoms with Crippen molar-refractivity contribution in [3.05, 3.63) is 59.7 Å². The van der Waals surface area contributed by atoms with Crippen molar-refractivity contribution < 1.29 is 9.59 Å². The first-order valence-corrected chi connectivity index (χ1v) is 7.63. The van der Waals surface area contributed by atoms with Crippen LogP contribution in [-0.4, -0.2) is 25.0 Å². The van der Waals surface area contributed by atoms with E-state index in [1.165, 1.54) is 0 Å². The minimum atomic E-state index is -0.0821. The summed E-state index contributed by atoms with van der Waals surface area (Å²) in [5.74, 6) is -0.0500. The van der Waals surface area contributed by atoms with Gasteiger partial charge in [-0.1, -0.05) is 24.3 Å². The smallest absolute Gasteiger partial charge is 0.321 e. The monoisotopic (exact) mass is 309 g/mol. The van der Waals surface area contributed by atoms with Gasteiger partial charge in [0.25, 0.3) is 0 Å². The molecule has 1 heterocycles. The molecule has 5 heteroatoms. The molecule has 3 rings (SSSR count). The Morgan fingerprint density at radius 2 is 1.91 bits per heavy atom. The molecule has 118 valence electrons. The normalized spacial score (nSPS) is 13.8. The quantitative estimate of drug-likeness (QED) is 0.912. The Morgan fingerprint density at radius 3 is 2.57 bits per heavy atom. The summed E-state index contributed by atoms with van der Waals surface area (Å²) in [6.07, 6.45) is 0.350. The Bertz CT molecular complexity index is 725. The van der Waals surface area contributed by atoms with Gasteiger partial charge in [-0.25, -0.2) is 4.79 Å². The molecule has 3 amide bonds. The van der Waals surface area contributed by atoms with E-state index in [0.29, 0.717) is 19.5 Å². The van der Waals surface area contributed by atoms with Crippen LogP contribution in [0.4, 0.5) is 16.2 Å². The van der Waals surface area contributed by atoms with Gasteiger partial charge in [0.15, 0.2) is 0 Å². The van der Waals surface area contributed by atoms with Crippen molar-refractivity contribution in [2.75, 3.05) is 23.3 Å². The van der Waals surface area contributed by atoms with E-state index >= 15 is 0 Å². The lowest BCUT2D eigenvalue weighted by atomic mass is 10.1. The Morgan fingerprint density at radius 1 is 1.17 bits per heavy atom. The summed E-state index contributed by atoms with van der Waals surface area (Å²) < 4.78 is 0. The number of hydrogen-bond donors (Lipinski definition) is 2. The highest BCUT2D eigenvalue weighted by atomic mass is 16.2. The van der Waals surface area contributed by atoms with E-state index in [1.807, 2.05) is 55.5 Å². The van der Waals surface area contributed by atoms with Gasteiger partial charge < -0.3 is 10.6 Å². The Labute approximate surface area is 135 Å². The van der Waals surface area contributed by atoms with Crippen molar-refractivity contribution in [3.8, 4) is 0 Å². The second-order valence-electron chi connectivity index (χ2n) is 5.58. The van der Waals surface area contributed by atoms with E-state index in [2.05, 4.69) is 10.6 Å². The maximum Gasteiger partial charge on any atom is 0.321 e. The molecular weight excluding hydrogens is 290 g/mol. The summed E-state index contributed by atoms with van der Waals surface area (Å²) in [5, 5.41) is 5.65. The average Bonchev–Trinajstić information content (AvgIpc) is 2.96. The molecule has 5 nitrogen and oxygen atoms in total. The molecule has 0 aliphatic carbocycles. The molecule has 0 radical (unpaired) electrons. The molecule has 1 saturated heterocycles. The molecular formula is C18H19N3O2. The number of nitrogens with one attached hydrogen (secondary N) is 2. The van der Waals surface area contributed by atoms with Crippen molar-refractivity contribution in [1.29, 1.82) is 0 Å². The molecule has 0 saturated carbocycles. The minimum Gasteiger partial charge on any atom is -0.336 e. The lowest BCUT2D eigenvalue weighted by Crippen LogP contribution is -2.27. The fourth-order valence-corrected chi connectivity index (χ4v) is 2.63. The third-order valence-corrected chi connectivity index (χ3v) is 3.93. The molecule has 0 bridgehead atoms. The van der Waals surface area contributed by atoms with E-state index in [4.69, 9.17) is 0 Å². The van der Waals surface area contributed by atoms with Crippen LogP contribution in [0.5, 0.6) is 0 Å². The van der Waals surface area contributed by atoms with Crippen LogP contribution in [0.2, 0.25) is 0 Å². The summed E-state index contributed by atoms with van der Waals surface area (Å²) in [6.45, 7) is 3.32. The lowest BCUT2D eigenvalue weighted by molar-refractivity contribution is -0.115. The number of benzene rings is 2. The predicted octanol–water partition coefficient (Wildman–Crippen LogP) is 2.71. The molecule has 2 N–H and O–H groups in total. The molecule has 0 atom stereocenters. The summed E-state index contributed by atoms with van der Waals surface area (Å²) in [5.41, 5.74) is 3.69. The molecule has 1 aliphatic rings. The zero-order chi connectivity index (χ0) is 16.2. The Balaban J connectivity index is 1.63. The van der Waals surface area contributed by atoms with Crippen molar-refractivity contribution in [1.82, 2.24) is 5.32 Å². The molecule has 0 aromatic heterocycles. The van der Waals surface area contributed by atoms with Gasteiger partial charge in [-0.15, -0.1) is 0 Å². The maximum absolute atomic E-state index is 12.1. The summed E-state index contributed by atoms with van der Waals surface area (Å²) in [6, 6.07) is 15.1. The first kappa shape index (κ1) is 15.1. The predicted molar refractivity (Wildman–Crippen MR) is 90.7 cm³/mol. The Kier molecular flexibility index (Phi) is 4.28. The summed E-state index contributed by atoms with van der Waals surface area (Å²) >= 11 is 0. The fraction of sp³-hybridized carbons (Fsp3) is 0.222. The van der Waals surface area contributed by atoms with Crippen LogP contribution in [0.15, 0.2) is 48.5 Å². The van der Waals surface area contributed by atoms with E-state index < -0.39 is 0 Å². The highest BCUT2D eigenvalue weighted by molar-refractivity contribution is 5.95. The highest BCUT2D eigenvalue weighted by Crippen LogP contribution is 2.19. The highest BCUT2D eigenvalue weighted by Gasteiger charge is 2.20. The van der Waals surface area contributed by atoms with Crippen LogP contribution in [0, 0.1) is 6.92 Å². The minimum absolute atomic E-state index is 0.0500. The Hall–Kier alpha value is -2.82. The molecule has 1 aliphatic heterocycles. The molecule has 2 aromatic rings. The molecule has 2 aromatic carbocycles. The van der Waals surface area contributed by atoms with Gasteiger partial charge in [0, 0.05) is 24.5 Å². The number of aryl methyl sites for hydroxylation is 1. The number of hydrogen-bond acceptors (Lipinski definition) is 2. The van der Waals surface area contributed by atoms with Gasteiger partial charge in [0.05, 0.1) is 6.42 Å². The maximum atomic E-state index is 12.1. The third kappa shape index (κ3) is 3.51. The standard InChI is InChI=1S/C18H19N3O2/c1-13-4-2-3-5-14(13)12-17(22)20-15-6-8-16(9-7-15)21-11-10-19-18(21)23/h2-9H,10-12H2,1H3,(H,19,23)(H,20,22). The van der Waals surface area contributed by atoms with Crippen LogP contribution >= 0.6 is 0 Å². The zero-order valence-electron chi connectivity index (χ0n) is 13.0. The van der Waals surface area contributed by atoms with Crippen molar-refractivity contribution in [2.45, 2.75) is 13.3 Å². The topological polar surface area (TPSA) is 61.4 Å². The second kappa shape index (κ2) is 6.52. The number of carbonyl (C=O) groups excluding carboxylic acids is 2. The number of rotatable bonds is 4. The van der Waals surface area contributed by atoms with Gasteiger partial charge >= 0.3 is 6.03 Å². The van der Waals surface area contributed by atoms with Gasteiger partial charge in [0.2, 0.25) is 5.91 Å². The van der Waals surface area contributed by atoms with Crippen LogP contribution in [0.25, 0.3) is 0 Å². The zero-order valence-corrected chi connectivity index (χ0v) is 13.0. The van der Waals surface area contributed by atoms with Crippen molar-refractivity contribution in [3.63, 3.8) is 0 Å². The van der Waals surface area contributed by atoms with E-state index in [9.17, 15) is 9.59 Å². The van der Waals surface area contributed by atoms with Crippen LogP contribution in [0.1, 0.15) is 11.1 Å². The summed E-state index contributed by atoms with van der Waals surface area (Å²) in [7, 11) is 0. The number of anilines is 2. The number of urea groups is 1. The van der Waals surface area contributed by atoms with Crippen LogP contribution in [0.3, 0.4) is 0 Å². The molecule has 0 unspecified atom stereocenters. The number of amides is 3. The van der Waals surface area contributed by atoms with Crippen LogP contribution in [-0.2, 0) is 11.2 Å². The van der Waals surface area contributed by atoms with Crippen molar-refractivity contribution >= 4 is 23.3 Å². The van der Waals surface area contributed by atoms with Gasteiger partial charge in [-0.3, -0.25) is 9.69 Å².